The summed E-state index contributed by atoms with van der Waals surface area (Å²) in [6, 6.07) is 0. The Hall–Kier alpha value is 0.880. The average molecular weight is 203 g/mol. The molecule has 0 spiro atoms. The van der Waals surface area contributed by atoms with E-state index < -0.39 is 5.69 Å². The van der Waals surface area contributed by atoms with Crippen molar-refractivity contribution >= 4 is 29.7 Å². The van der Waals surface area contributed by atoms with Crippen molar-refractivity contribution in [1.82, 2.24) is 5.32 Å². The van der Waals surface area contributed by atoms with Crippen LogP contribution in [0.15, 0.2) is 0 Å². The van der Waals surface area contributed by atoms with Crippen LogP contribution in [-0.4, -0.2) is 22.9 Å². The van der Waals surface area contributed by atoms with Crippen LogP contribution in [0.4, 0.5) is 0 Å². The molecule has 0 aromatic heterocycles. The van der Waals surface area contributed by atoms with E-state index >= 15 is 0 Å². The first-order valence-electron chi connectivity index (χ1n) is 2.90. The first kappa shape index (κ1) is 13.5. The Bertz CT molecular complexity index is 95.2. The highest BCUT2D eigenvalue weighted by molar-refractivity contribution is 8.59. The van der Waals surface area contributed by atoms with E-state index in [-0.39, 0.29) is 0 Å². The lowest BCUT2D eigenvalue weighted by atomic mass is 10.7. The Labute approximate surface area is 72.2 Å². The fourth-order valence-corrected chi connectivity index (χ4v) is 0.250. The van der Waals surface area contributed by atoms with E-state index in [1.807, 2.05) is 0 Å². The maximum atomic E-state index is 7.87. The van der Waals surface area contributed by atoms with Gasteiger partial charge in [-0.15, -0.1) is 0 Å². The molecular formula is C4H14NO2PS2. The van der Waals surface area contributed by atoms with Crippen LogP contribution < -0.4 is 5.32 Å². The molecule has 0 unspecified atom stereocenters. The van der Waals surface area contributed by atoms with Gasteiger partial charge in [0.15, 0.2) is 0 Å². The zero-order valence-corrected chi connectivity index (χ0v) is 8.72. The van der Waals surface area contributed by atoms with Crippen molar-refractivity contribution in [2.45, 2.75) is 13.8 Å². The van der Waals surface area contributed by atoms with Crippen molar-refractivity contribution < 1.29 is 9.79 Å². The molecule has 0 aromatic carbocycles. The lowest BCUT2D eigenvalue weighted by Gasteiger charge is -1.88. The molecule has 6 heteroatoms. The van der Waals surface area contributed by atoms with Crippen LogP contribution >= 0.6 is 17.9 Å². The Morgan fingerprint density at radius 3 is 1.60 bits per heavy atom. The van der Waals surface area contributed by atoms with Gasteiger partial charge in [-0.3, -0.25) is 0 Å². The van der Waals surface area contributed by atoms with Crippen molar-refractivity contribution in [1.29, 1.82) is 0 Å². The summed E-state index contributed by atoms with van der Waals surface area (Å²) in [6.45, 7) is 6.39. The summed E-state index contributed by atoms with van der Waals surface area (Å²) in [4.78, 5) is 15.7. The monoisotopic (exact) mass is 203 g/mol. The Morgan fingerprint density at radius 1 is 1.40 bits per heavy atom. The Kier molecular flexibility index (Phi) is 10.7. The smallest absolute Gasteiger partial charge is 0.239 e. The highest BCUT2D eigenvalue weighted by Crippen LogP contribution is 2.39. The third-order valence-electron chi connectivity index (χ3n) is 0.500. The third-order valence-corrected chi connectivity index (χ3v) is 0.500. The molecule has 0 aliphatic rings. The average Bonchev–Trinajstić information content (AvgIpc) is 1.63. The second-order valence-electron chi connectivity index (χ2n) is 1.47. The molecule has 0 radical (unpaired) electrons. The number of rotatable bonds is 2. The standard InChI is InChI=1S/C4H11N.H3O2PS2/c1-3-5-4-2;1-3(2,4)5/h5H,3-4H2,1-2H3;(H3,1,2,4,5). The van der Waals surface area contributed by atoms with Crippen molar-refractivity contribution in [3.05, 3.63) is 0 Å². The fraction of sp³-hybridized carbons (Fsp3) is 1.00. The lowest BCUT2D eigenvalue weighted by molar-refractivity contribution is 0.503. The van der Waals surface area contributed by atoms with Gasteiger partial charge in [-0.2, -0.15) is 0 Å². The topological polar surface area (TPSA) is 52.5 Å². The van der Waals surface area contributed by atoms with Crippen LogP contribution in [0.5, 0.6) is 0 Å². The van der Waals surface area contributed by atoms with Gasteiger partial charge in [0.2, 0.25) is 5.69 Å². The summed E-state index contributed by atoms with van der Waals surface area (Å²) in [6.07, 6.45) is 0. The first-order chi connectivity index (χ1) is 4.41. The molecule has 0 aliphatic heterocycles. The van der Waals surface area contributed by atoms with Gasteiger partial charge in [-0.25, -0.2) is 0 Å². The molecule has 0 bridgehead atoms. The van der Waals surface area contributed by atoms with Gasteiger partial charge in [0.25, 0.3) is 0 Å². The summed E-state index contributed by atoms with van der Waals surface area (Å²) in [5, 5.41) is 3.11. The molecule has 3 nitrogen and oxygen atoms in total. The molecule has 0 rings (SSSR count). The maximum Gasteiger partial charge on any atom is 0.239 e. The zero-order chi connectivity index (χ0) is 8.62. The van der Waals surface area contributed by atoms with Gasteiger partial charge in [-0.1, -0.05) is 26.1 Å². The largest absolute Gasteiger partial charge is 0.338 e. The van der Waals surface area contributed by atoms with Crippen molar-refractivity contribution in [2.75, 3.05) is 13.1 Å². The Balaban J connectivity index is 0. The second-order valence-corrected chi connectivity index (χ2v) is 6.51. The van der Waals surface area contributed by atoms with Gasteiger partial charge in [0.1, 0.15) is 0 Å². The van der Waals surface area contributed by atoms with Crippen LogP contribution in [0.1, 0.15) is 13.8 Å². The predicted molar refractivity (Wildman–Crippen MR) is 51.9 cm³/mol. The van der Waals surface area contributed by atoms with Gasteiger partial charge < -0.3 is 15.1 Å². The van der Waals surface area contributed by atoms with Gasteiger partial charge in [0.05, 0.1) is 0 Å². The van der Waals surface area contributed by atoms with Crippen molar-refractivity contribution in [2.24, 2.45) is 0 Å². The lowest BCUT2D eigenvalue weighted by Crippen LogP contribution is -2.09. The molecule has 0 aliphatic carbocycles. The van der Waals surface area contributed by atoms with E-state index in [0.717, 1.165) is 13.1 Å². The second kappa shape index (κ2) is 7.98. The van der Waals surface area contributed by atoms with E-state index in [0.29, 0.717) is 0 Å². The summed E-state index contributed by atoms with van der Waals surface area (Å²) in [5.74, 6) is 0. The quantitative estimate of drug-likeness (QED) is 0.395. The van der Waals surface area contributed by atoms with E-state index in [9.17, 15) is 0 Å². The third kappa shape index (κ3) is 66.5. The summed E-state index contributed by atoms with van der Waals surface area (Å²) in [5.41, 5.74) is -3.11. The van der Waals surface area contributed by atoms with Crippen LogP contribution in [0, 0.1) is 0 Å². The van der Waals surface area contributed by atoms with Gasteiger partial charge >= 0.3 is 0 Å². The van der Waals surface area contributed by atoms with Crippen LogP contribution in [0.2, 0.25) is 0 Å². The number of nitrogens with one attached hydrogen (secondary N) is 1. The van der Waals surface area contributed by atoms with Crippen LogP contribution in [-0.2, 0) is 11.8 Å². The maximum absolute atomic E-state index is 7.87. The van der Waals surface area contributed by atoms with Crippen molar-refractivity contribution in [3.63, 3.8) is 0 Å². The van der Waals surface area contributed by atoms with E-state index in [2.05, 4.69) is 43.2 Å². The van der Waals surface area contributed by atoms with Crippen molar-refractivity contribution in [3.8, 4) is 0 Å². The molecule has 0 fully saturated rings. The predicted octanol–water partition coefficient (Wildman–Crippen LogP) is 0.741. The van der Waals surface area contributed by atoms with Gasteiger partial charge in [-0.05, 0) is 24.9 Å². The Morgan fingerprint density at radius 2 is 1.60 bits per heavy atom. The number of hydrogen-bond acceptors (Lipinski definition) is 2. The molecule has 0 saturated heterocycles. The number of hydrogen-bond donors (Lipinski definition) is 4. The molecule has 10 heavy (non-hydrogen) atoms. The zero-order valence-electron chi connectivity index (χ0n) is 6.11. The highest BCUT2D eigenvalue weighted by atomic mass is 32.9. The first-order valence-corrected chi connectivity index (χ1v) is 6.76. The molecule has 0 amide bonds. The fourth-order valence-electron chi connectivity index (χ4n) is 0.250. The normalized spacial score (nSPS) is 10.1. The minimum atomic E-state index is -3.11. The molecule has 3 N–H and O–H groups in total. The molecular weight excluding hydrogens is 189 g/mol. The number of thiol groups is 1. The van der Waals surface area contributed by atoms with Gasteiger partial charge in [0, 0.05) is 0 Å². The summed E-state index contributed by atoms with van der Waals surface area (Å²) in [7, 11) is 0. The molecule has 0 heterocycles. The molecule has 0 atom stereocenters. The summed E-state index contributed by atoms with van der Waals surface area (Å²) < 4.78 is 0. The minimum Gasteiger partial charge on any atom is -0.338 e. The van der Waals surface area contributed by atoms with Crippen LogP contribution in [0.3, 0.4) is 0 Å². The van der Waals surface area contributed by atoms with E-state index in [1.165, 1.54) is 0 Å². The highest BCUT2D eigenvalue weighted by Gasteiger charge is 1.90. The molecule has 64 valence electrons. The SMILES string of the molecule is CCNCC.OP(O)(=S)S. The molecule has 0 aromatic rings. The van der Waals surface area contributed by atoms with E-state index in [4.69, 9.17) is 9.79 Å². The van der Waals surface area contributed by atoms with Crippen LogP contribution in [0.25, 0.3) is 0 Å². The minimum absolute atomic E-state index is 1.09. The summed E-state index contributed by atoms with van der Waals surface area (Å²) >= 11 is 7.07. The molecule has 0 saturated carbocycles. The van der Waals surface area contributed by atoms with E-state index in [1.54, 1.807) is 0 Å².